The van der Waals surface area contributed by atoms with Crippen LogP contribution in [0.15, 0.2) is 21.7 Å². The number of nitrogens with zero attached hydrogens (tertiary/aromatic N) is 3. The molecule has 0 atom stereocenters. The van der Waals surface area contributed by atoms with Crippen molar-refractivity contribution in [1.29, 1.82) is 0 Å². The first-order valence-corrected chi connectivity index (χ1v) is 9.30. The van der Waals surface area contributed by atoms with Gasteiger partial charge >= 0.3 is 0 Å². The highest BCUT2D eigenvalue weighted by Crippen LogP contribution is 2.33. The number of ether oxygens (including phenoxy) is 2. The second kappa shape index (κ2) is 7.31. The zero-order chi connectivity index (χ0) is 18.0. The minimum Gasteiger partial charge on any atom is -0.496 e. The first-order valence-electron chi connectivity index (χ1n) is 8.08. The molecule has 25 heavy (non-hydrogen) atoms. The Morgan fingerprint density at radius 3 is 2.44 bits per heavy atom. The molecule has 0 fully saturated rings. The van der Waals surface area contributed by atoms with Crippen LogP contribution < -0.4 is 9.47 Å². The lowest BCUT2D eigenvalue weighted by molar-refractivity contribution is 0.305. The summed E-state index contributed by atoms with van der Waals surface area (Å²) in [6, 6.07) is 3.98. The van der Waals surface area contributed by atoms with E-state index in [1.165, 1.54) is 11.8 Å². The van der Waals surface area contributed by atoms with E-state index in [9.17, 15) is 0 Å². The Hall–Kier alpha value is -2.28. The summed E-state index contributed by atoms with van der Waals surface area (Å²) in [5.41, 5.74) is 3.91. The Labute approximate surface area is 151 Å². The summed E-state index contributed by atoms with van der Waals surface area (Å²) in [6.45, 7) is 6.62. The van der Waals surface area contributed by atoms with Gasteiger partial charge in [-0.2, -0.15) is 9.97 Å². The number of benzene rings is 1. The quantitative estimate of drug-likeness (QED) is 0.476. The van der Waals surface area contributed by atoms with Crippen molar-refractivity contribution in [2.75, 3.05) is 20.0 Å². The molecule has 0 amide bonds. The van der Waals surface area contributed by atoms with Crippen molar-refractivity contribution in [2.24, 2.45) is 0 Å². The first kappa shape index (κ1) is 17.5. The molecule has 3 rings (SSSR count). The van der Waals surface area contributed by atoms with Crippen molar-refractivity contribution in [3.05, 3.63) is 23.3 Å². The molecule has 0 spiro atoms. The molecule has 0 bridgehead atoms. The van der Waals surface area contributed by atoms with Crippen LogP contribution in [0.3, 0.4) is 0 Å². The van der Waals surface area contributed by atoms with Gasteiger partial charge in [-0.05, 0) is 49.8 Å². The summed E-state index contributed by atoms with van der Waals surface area (Å²) in [5, 5.41) is 0.600. The predicted molar refractivity (Wildman–Crippen MR) is 98.6 cm³/mol. The molecule has 0 radical (unpaired) electrons. The maximum absolute atomic E-state index is 5.90. The molecule has 2 aromatic heterocycles. The minimum atomic E-state index is 0.437. The highest BCUT2D eigenvalue weighted by Gasteiger charge is 2.18. The number of hydrogen-bond donors (Lipinski definition) is 0. The van der Waals surface area contributed by atoms with Crippen LogP contribution >= 0.6 is 11.8 Å². The average Bonchev–Trinajstić information content (AvgIpc) is 3.03. The number of methoxy groups -OCH3 is 1. The van der Waals surface area contributed by atoms with Crippen LogP contribution in [0.4, 0.5) is 0 Å². The lowest BCUT2D eigenvalue weighted by atomic mass is 10.1. The lowest BCUT2D eigenvalue weighted by Crippen LogP contribution is -2.00. The molecule has 6 nitrogen and oxygen atoms in total. The molecule has 0 aliphatic rings. The highest BCUT2D eigenvalue weighted by atomic mass is 32.2. The van der Waals surface area contributed by atoms with Crippen molar-refractivity contribution < 1.29 is 13.9 Å². The Morgan fingerprint density at radius 1 is 1.12 bits per heavy atom. The van der Waals surface area contributed by atoms with Crippen molar-refractivity contribution in [3.63, 3.8) is 0 Å². The predicted octanol–water partition coefficient (Wildman–Crippen LogP) is 4.42. The van der Waals surface area contributed by atoms with Gasteiger partial charge in [0.25, 0.3) is 5.71 Å². The number of aromatic nitrogens is 3. The van der Waals surface area contributed by atoms with E-state index in [4.69, 9.17) is 13.9 Å². The van der Waals surface area contributed by atoms with Gasteiger partial charge in [-0.15, -0.1) is 0 Å². The van der Waals surface area contributed by atoms with Crippen molar-refractivity contribution in [3.8, 4) is 23.1 Å². The number of fused-ring (bicyclic) bond motifs is 1. The van der Waals surface area contributed by atoms with Crippen molar-refractivity contribution in [2.45, 2.75) is 32.3 Å². The summed E-state index contributed by atoms with van der Waals surface area (Å²) in [5.74, 6) is 1.84. The van der Waals surface area contributed by atoms with E-state index in [-0.39, 0.29) is 0 Å². The van der Waals surface area contributed by atoms with Crippen LogP contribution in [-0.4, -0.2) is 34.9 Å². The zero-order valence-electron chi connectivity index (χ0n) is 15.0. The standard InChI is InChI=1S/C18H21N3O3S/c1-6-7-23-16-13-17(21-18(20-16)25-5)24-15(19-13)12-8-10(2)14(22-4)11(3)9-12/h8-9H,6-7H2,1-5H3. The summed E-state index contributed by atoms with van der Waals surface area (Å²) < 4.78 is 17.1. The van der Waals surface area contributed by atoms with Crippen LogP contribution in [0.2, 0.25) is 0 Å². The molecule has 0 N–H and O–H groups in total. The summed E-state index contributed by atoms with van der Waals surface area (Å²) in [7, 11) is 1.67. The van der Waals surface area contributed by atoms with E-state index in [1.54, 1.807) is 7.11 Å². The van der Waals surface area contributed by atoms with Gasteiger partial charge < -0.3 is 13.9 Å². The second-order valence-corrected chi connectivity index (χ2v) is 6.45. The van der Waals surface area contributed by atoms with E-state index in [1.807, 2.05) is 39.2 Å². The topological polar surface area (TPSA) is 70.3 Å². The van der Waals surface area contributed by atoms with Gasteiger partial charge in [0, 0.05) is 5.56 Å². The van der Waals surface area contributed by atoms with Gasteiger partial charge in [0.05, 0.1) is 13.7 Å². The van der Waals surface area contributed by atoms with Crippen LogP contribution in [-0.2, 0) is 0 Å². The molecule has 1 aromatic carbocycles. The second-order valence-electron chi connectivity index (χ2n) is 5.68. The lowest BCUT2D eigenvalue weighted by Gasteiger charge is -2.09. The average molecular weight is 359 g/mol. The third-order valence-electron chi connectivity index (χ3n) is 3.74. The molecule has 3 aromatic rings. The summed E-state index contributed by atoms with van der Waals surface area (Å²) in [4.78, 5) is 13.4. The summed E-state index contributed by atoms with van der Waals surface area (Å²) in [6.07, 6.45) is 2.81. The summed E-state index contributed by atoms with van der Waals surface area (Å²) >= 11 is 1.44. The Balaban J connectivity index is 2.12. The van der Waals surface area contributed by atoms with Crippen molar-refractivity contribution in [1.82, 2.24) is 15.0 Å². The third kappa shape index (κ3) is 3.42. The molecule has 7 heteroatoms. The smallest absolute Gasteiger partial charge is 0.255 e. The normalized spacial score (nSPS) is 11.1. The van der Waals surface area contributed by atoms with Gasteiger partial charge in [-0.1, -0.05) is 18.7 Å². The van der Waals surface area contributed by atoms with Gasteiger partial charge in [0.2, 0.25) is 11.8 Å². The molecule has 0 saturated carbocycles. The molecule has 0 aliphatic carbocycles. The third-order valence-corrected chi connectivity index (χ3v) is 4.29. The minimum absolute atomic E-state index is 0.437. The van der Waals surface area contributed by atoms with Gasteiger partial charge in [0.1, 0.15) is 5.75 Å². The van der Waals surface area contributed by atoms with Gasteiger partial charge in [-0.25, -0.2) is 4.98 Å². The Kier molecular flexibility index (Phi) is 5.13. The SMILES string of the molecule is CCCOc1nc(SC)nc2oc(-c3cc(C)c(OC)c(C)c3)nc12. The zero-order valence-corrected chi connectivity index (χ0v) is 15.9. The number of oxazole rings is 1. The fourth-order valence-corrected chi connectivity index (χ4v) is 3.04. The Morgan fingerprint density at radius 2 is 1.84 bits per heavy atom. The number of hydrogen-bond acceptors (Lipinski definition) is 7. The molecule has 0 unspecified atom stereocenters. The maximum Gasteiger partial charge on any atom is 0.255 e. The van der Waals surface area contributed by atoms with Crippen LogP contribution in [0.5, 0.6) is 11.6 Å². The first-order chi connectivity index (χ1) is 12.1. The van der Waals surface area contributed by atoms with Crippen LogP contribution in [0.1, 0.15) is 24.5 Å². The van der Waals surface area contributed by atoms with Crippen LogP contribution in [0, 0.1) is 13.8 Å². The number of rotatable bonds is 6. The van der Waals surface area contributed by atoms with Crippen LogP contribution in [0.25, 0.3) is 22.7 Å². The molecular weight excluding hydrogens is 338 g/mol. The van der Waals surface area contributed by atoms with E-state index in [0.717, 1.165) is 28.9 Å². The van der Waals surface area contributed by atoms with Gasteiger partial charge in [-0.3, -0.25) is 0 Å². The number of thioether (sulfide) groups is 1. The van der Waals surface area contributed by atoms with E-state index >= 15 is 0 Å². The molecule has 0 aliphatic heterocycles. The fraction of sp³-hybridized carbons (Fsp3) is 0.389. The van der Waals surface area contributed by atoms with E-state index in [2.05, 4.69) is 15.0 Å². The number of aryl methyl sites for hydroxylation is 2. The molecule has 132 valence electrons. The molecular formula is C18H21N3O3S. The molecule has 2 heterocycles. The van der Waals surface area contributed by atoms with E-state index in [0.29, 0.717) is 34.8 Å². The van der Waals surface area contributed by atoms with Gasteiger partial charge in [0.15, 0.2) is 10.7 Å². The monoisotopic (exact) mass is 359 g/mol. The molecule has 0 saturated heterocycles. The Bertz CT molecular complexity index is 885. The van der Waals surface area contributed by atoms with Crippen molar-refractivity contribution >= 4 is 23.0 Å². The maximum atomic E-state index is 5.90. The van der Waals surface area contributed by atoms with E-state index < -0.39 is 0 Å². The fourth-order valence-electron chi connectivity index (χ4n) is 2.69. The largest absolute Gasteiger partial charge is 0.496 e. The highest BCUT2D eigenvalue weighted by molar-refractivity contribution is 7.98.